The zero-order valence-corrected chi connectivity index (χ0v) is 12.3. The molecule has 0 aromatic heterocycles. The fourth-order valence-corrected chi connectivity index (χ4v) is 2.09. The van der Waals surface area contributed by atoms with Crippen molar-refractivity contribution in [1.82, 2.24) is 0 Å². The summed E-state index contributed by atoms with van der Waals surface area (Å²) in [4.78, 5) is 22.8. The third-order valence-corrected chi connectivity index (χ3v) is 3.12. The van der Waals surface area contributed by atoms with Crippen LogP contribution >= 0.6 is 0 Å². The Labute approximate surface area is 124 Å². The molecule has 108 valence electrons. The van der Waals surface area contributed by atoms with Gasteiger partial charge in [0.05, 0.1) is 13.0 Å². The van der Waals surface area contributed by atoms with Gasteiger partial charge >= 0.3 is 0 Å². The molecule has 0 amide bonds. The van der Waals surface area contributed by atoms with Crippen LogP contribution in [0.3, 0.4) is 0 Å². The van der Waals surface area contributed by atoms with Crippen molar-refractivity contribution in [3.05, 3.63) is 54.1 Å². The highest BCUT2D eigenvalue weighted by Crippen LogP contribution is 2.23. The van der Waals surface area contributed by atoms with E-state index in [1.165, 1.54) is 6.92 Å². The van der Waals surface area contributed by atoms with Gasteiger partial charge in [-0.3, -0.25) is 9.59 Å². The molecular weight excluding hydrogens is 264 g/mol. The minimum absolute atomic E-state index is 0.0393. The molecular formula is C18H18O3. The Morgan fingerprint density at radius 3 is 1.90 bits per heavy atom. The largest absolute Gasteiger partial charge is 0.494 e. The van der Waals surface area contributed by atoms with Crippen LogP contribution in [0.4, 0.5) is 0 Å². The number of ether oxygens (including phenoxy) is 1. The van der Waals surface area contributed by atoms with Crippen LogP contribution in [-0.2, 0) is 4.79 Å². The Bertz CT molecular complexity index is 625. The summed E-state index contributed by atoms with van der Waals surface area (Å²) in [6.45, 7) is 4.02. The molecule has 2 rings (SSSR count). The maximum atomic E-state index is 11.8. The van der Waals surface area contributed by atoms with Gasteiger partial charge in [-0.2, -0.15) is 0 Å². The van der Waals surface area contributed by atoms with Crippen molar-refractivity contribution in [3.63, 3.8) is 0 Å². The molecule has 0 aliphatic carbocycles. The number of carbonyl (C=O) groups excluding carboxylic acids is 2. The highest BCUT2D eigenvalue weighted by Gasteiger charge is 2.08. The van der Waals surface area contributed by atoms with Crippen LogP contribution < -0.4 is 4.74 Å². The standard InChI is InChI=1S/C18H18O3/c1-3-21-17-10-8-15(9-11-17)14-4-6-16(7-5-14)18(20)12-13(2)19/h4-11H,3,12H2,1-2H3. The third-order valence-electron chi connectivity index (χ3n) is 3.12. The van der Waals surface area contributed by atoms with Gasteiger partial charge in [-0.05, 0) is 37.1 Å². The lowest BCUT2D eigenvalue weighted by Gasteiger charge is -2.06. The molecule has 21 heavy (non-hydrogen) atoms. The van der Waals surface area contributed by atoms with Crippen LogP contribution in [0.25, 0.3) is 11.1 Å². The molecule has 0 saturated carbocycles. The Balaban J connectivity index is 2.14. The minimum Gasteiger partial charge on any atom is -0.494 e. The molecule has 0 saturated heterocycles. The summed E-state index contributed by atoms with van der Waals surface area (Å²) in [7, 11) is 0. The second kappa shape index (κ2) is 6.84. The predicted molar refractivity (Wildman–Crippen MR) is 82.7 cm³/mol. The SMILES string of the molecule is CCOc1ccc(-c2ccc(C(=O)CC(C)=O)cc2)cc1. The van der Waals surface area contributed by atoms with Crippen molar-refractivity contribution in [1.29, 1.82) is 0 Å². The molecule has 0 heterocycles. The van der Waals surface area contributed by atoms with Gasteiger partial charge in [-0.1, -0.05) is 36.4 Å². The molecule has 0 bridgehead atoms. The average Bonchev–Trinajstić information content (AvgIpc) is 2.48. The molecule has 3 heteroatoms. The number of ketones is 2. The molecule has 0 aliphatic rings. The summed E-state index contributed by atoms with van der Waals surface area (Å²) >= 11 is 0. The van der Waals surface area contributed by atoms with E-state index < -0.39 is 0 Å². The normalized spacial score (nSPS) is 10.2. The smallest absolute Gasteiger partial charge is 0.170 e. The number of hydrogen-bond donors (Lipinski definition) is 0. The van der Waals surface area contributed by atoms with Crippen molar-refractivity contribution in [3.8, 4) is 16.9 Å². The monoisotopic (exact) mass is 282 g/mol. The van der Waals surface area contributed by atoms with Gasteiger partial charge in [-0.15, -0.1) is 0 Å². The fourth-order valence-electron chi connectivity index (χ4n) is 2.09. The van der Waals surface area contributed by atoms with Crippen LogP contribution in [0.5, 0.6) is 5.75 Å². The summed E-state index contributed by atoms with van der Waals surface area (Å²) in [5, 5.41) is 0. The molecule has 0 N–H and O–H groups in total. The van der Waals surface area contributed by atoms with Crippen LogP contribution in [0, 0.1) is 0 Å². The molecule has 0 radical (unpaired) electrons. The van der Waals surface area contributed by atoms with E-state index in [2.05, 4.69) is 0 Å². The molecule has 2 aromatic carbocycles. The second-order valence-electron chi connectivity index (χ2n) is 4.84. The summed E-state index contributed by atoms with van der Waals surface area (Å²) in [5.41, 5.74) is 2.65. The van der Waals surface area contributed by atoms with Gasteiger partial charge in [0, 0.05) is 5.56 Å². The van der Waals surface area contributed by atoms with E-state index >= 15 is 0 Å². The predicted octanol–water partition coefficient (Wildman–Crippen LogP) is 3.91. The Hall–Kier alpha value is -2.42. The number of Topliss-reactive ketones (excluding diaryl/α,β-unsaturated/α-hetero) is 2. The summed E-state index contributed by atoms with van der Waals surface area (Å²) in [6, 6.07) is 15.1. The molecule has 0 unspecified atom stereocenters. The van der Waals surface area contributed by atoms with Gasteiger partial charge in [0.15, 0.2) is 5.78 Å². The summed E-state index contributed by atoms with van der Waals surface area (Å²) < 4.78 is 5.41. The van der Waals surface area contributed by atoms with Gasteiger partial charge in [0.1, 0.15) is 11.5 Å². The van der Waals surface area contributed by atoms with Crippen molar-refractivity contribution < 1.29 is 14.3 Å². The number of rotatable bonds is 6. The maximum Gasteiger partial charge on any atom is 0.170 e. The molecule has 0 atom stereocenters. The number of hydrogen-bond acceptors (Lipinski definition) is 3. The topological polar surface area (TPSA) is 43.4 Å². The lowest BCUT2D eigenvalue weighted by atomic mass is 10.0. The first-order chi connectivity index (χ1) is 10.1. The van der Waals surface area contributed by atoms with Gasteiger partial charge < -0.3 is 4.74 Å². The van der Waals surface area contributed by atoms with Crippen LogP contribution in [-0.4, -0.2) is 18.2 Å². The van der Waals surface area contributed by atoms with E-state index in [-0.39, 0.29) is 18.0 Å². The van der Waals surface area contributed by atoms with E-state index in [4.69, 9.17) is 4.74 Å². The van der Waals surface area contributed by atoms with Crippen LogP contribution in [0.15, 0.2) is 48.5 Å². The molecule has 3 nitrogen and oxygen atoms in total. The zero-order chi connectivity index (χ0) is 15.2. The Kier molecular flexibility index (Phi) is 4.88. The summed E-state index contributed by atoms with van der Waals surface area (Å²) in [5.74, 6) is 0.589. The van der Waals surface area contributed by atoms with E-state index in [0.717, 1.165) is 16.9 Å². The van der Waals surface area contributed by atoms with E-state index in [9.17, 15) is 9.59 Å². The molecule has 0 fully saturated rings. The van der Waals surface area contributed by atoms with Crippen molar-refractivity contribution >= 4 is 11.6 Å². The number of benzene rings is 2. The quantitative estimate of drug-likeness (QED) is 0.596. The second-order valence-corrected chi connectivity index (χ2v) is 4.84. The Morgan fingerprint density at radius 2 is 1.43 bits per heavy atom. The van der Waals surface area contributed by atoms with E-state index in [0.29, 0.717) is 12.2 Å². The first kappa shape index (κ1) is 15.0. The fraction of sp³-hybridized carbons (Fsp3) is 0.222. The first-order valence-electron chi connectivity index (χ1n) is 6.96. The highest BCUT2D eigenvalue weighted by atomic mass is 16.5. The van der Waals surface area contributed by atoms with Crippen molar-refractivity contribution in [2.24, 2.45) is 0 Å². The van der Waals surface area contributed by atoms with Crippen LogP contribution in [0.1, 0.15) is 30.6 Å². The van der Waals surface area contributed by atoms with Gasteiger partial charge in [-0.25, -0.2) is 0 Å². The van der Waals surface area contributed by atoms with Crippen molar-refractivity contribution in [2.75, 3.05) is 6.61 Å². The van der Waals surface area contributed by atoms with E-state index in [1.54, 1.807) is 12.1 Å². The molecule has 2 aromatic rings. The lowest BCUT2D eigenvalue weighted by molar-refractivity contribution is -0.116. The highest BCUT2D eigenvalue weighted by molar-refractivity contribution is 6.07. The minimum atomic E-state index is -0.138. The van der Waals surface area contributed by atoms with Crippen molar-refractivity contribution in [2.45, 2.75) is 20.3 Å². The molecule has 0 spiro atoms. The zero-order valence-electron chi connectivity index (χ0n) is 12.3. The average molecular weight is 282 g/mol. The maximum absolute atomic E-state index is 11.8. The number of carbonyl (C=O) groups is 2. The van der Waals surface area contributed by atoms with Gasteiger partial charge in [0.2, 0.25) is 0 Å². The first-order valence-corrected chi connectivity index (χ1v) is 6.96. The lowest BCUT2D eigenvalue weighted by Crippen LogP contribution is -2.04. The Morgan fingerprint density at radius 1 is 0.905 bits per heavy atom. The summed E-state index contributed by atoms with van der Waals surface area (Å²) in [6.07, 6.45) is -0.0393. The molecule has 0 aliphatic heterocycles. The van der Waals surface area contributed by atoms with Crippen LogP contribution in [0.2, 0.25) is 0 Å². The third kappa shape index (κ3) is 4.02. The van der Waals surface area contributed by atoms with E-state index in [1.807, 2.05) is 43.3 Å². The van der Waals surface area contributed by atoms with Gasteiger partial charge in [0.25, 0.3) is 0 Å².